The zero-order valence-corrected chi connectivity index (χ0v) is 12.9. The van der Waals surface area contributed by atoms with E-state index in [4.69, 9.17) is 0 Å². The molecule has 0 aliphatic rings. The Balaban J connectivity index is 1.88. The Labute approximate surface area is 122 Å². The molecule has 0 fully saturated rings. The highest BCUT2D eigenvalue weighted by Gasteiger charge is 2.02. The average molecular weight is 323 g/mol. The molecule has 0 saturated heterocycles. The van der Waals surface area contributed by atoms with E-state index in [-0.39, 0.29) is 0 Å². The zero-order valence-electron chi connectivity index (χ0n) is 11.3. The molecule has 1 aromatic heterocycles. The molecule has 1 N–H and O–H groups in total. The Bertz CT molecular complexity index is 504. The summed E-state index contributed by atoms with van der Waals surface area (Å²) < 4.78 is 2.96. The number of halogens is 1. The lowest BCUT2D eigenvalue weighted by Crippen LogP contribution is -2.19. The molecule has 1 aromatic carbocycles. The van der Waals surface area contributed by atoms with E-state index in [9.17, 15) is 0 Å². The highest BCUT2D eigenvalue weighted by atomic mass is 79.9. The van der Waals surface area contributed by atoms with Crippen LogP contribution in [0.5, 0.6) is 0 Å². The van der Waals surface area contributed by atoms with E-state index in [1.165, 1.54) is 5.56 Å². The van der Waals surface area contributed by atoms with Crippen molar-refractivity contribution in [1.82, 2.24) is 20.1 Å². The molecule has 0 amide bonds. The second kappa shape index (κ2) is 6.82. The minimum Gasteiger partial charge on any atom is -0.310 e. The summed E-state index contributed by atoms with van der Waals surface area (Å²) in [4.78, 5) is 4.31. The van der Waals surface area contributed by atoms with Crippen molar-refractivity contribution in [1.29, 1.82) is 0 Å². The van der Waals surface area contributed by atoms with Crippen LogP contribution >= 0.6 is 15.9 Å². The van der Waals surface area contributed by atoms with Crippen molar-refractivity contribution in [3.05, 3.63) is 46.5 Å². The largest absolute Gasteiger partial charge is 0.310 e. The number of hydrogen-bond donors (Lipinski definition) is 1. The van der Waals surface area contributed by atoms with Crippen molar-refractivity contribution < 1.29 is 0 Å². The first kappa shape index (κ1) is 14.2. The van der Waals surface area contributed by atoms with E-state index in [1.54, 1.807) is 6.33 Å². The van der Waals surface area contributed by atoms with Gasteiger partial charge in [0.25, 0.3) is 0 Å². The summed E-state index contributed by atoms with van der Waals surface area (Å²) in [5.74, 6) is 1.49. The SMILES string of the molecule is CC(C)CNCc1ncn(Cc2ccc(Br)cc2)n1. The number of nitrogens with one attached hydrogen (secondary N) is 1. The van der Waals surface area contributed by atoms with Gasteiger partial charge in [0.05, 0.1) is 13.1 Å². The number of benzene rings is 1. The molecule has 1 heterocycles. The highest BCUT2D eigenvalue weighted by molar-refractivity contribution is 9.10. The molecule has 0 saturated carbocycles. The van der Waals surface area contributed by atoms with E-state index in [2.05, 4.69) is 57.3 Å². The van der Waals surface area contributed by atoms with E-state index in [0.717, 1.165) is 29.9 Å². The third-order valence-electron chi connectivity index (χ3n) is 2.68. The summed E-state index contributed by atoms with van der Waals surface area (Å²) in [6.45, 7) is 6.84. The van der Waals surface area contributed by atoms with Gasteiger partial charge >= 0.3 is 0 Å². The van der Waals surface area contributed by atoms with Gasteiger partial charge in [-0.25, -0.2) is 9.67 Å². The maximum atomic E-state index is 4.46. The molecule has 2 aromatic rings. The van der Waals surface area contributed by atoms with Crippen LogP contribution in [0.3, 0.4) is 0 Å². The van der Waals surface area contributed by atoms with Crippen molar-refractivity contribution in [2.75, 3.05) is 6.54 Å². The van der Waals surface area contributed by atoms with Crippen LogP contribution in [0.2, 0.25) is 0 Å². The smallest absolute Gasteiger partial charge is 0.164 e. The molecule has 102 valence electrons. The Morgan fingerprint density at radius 3 is 2.68 bits per heavy atom. The van der Waals surface area contributed by atoms with Crippen LogP contribution in [0.4, 0.5) is 0 Å². The van der Waals surface area contributed by atoms with Crippen LogP contribution in [0.15, 0.2) is 35.1 Å². The highest BCUT2D eigenvalue weighted by Crippen LogP contribution is 2.11. The lowest BCUT2D eigenvalue weighted by atomic mass is 10.2. The molecule has 0 aliphatic heterocycles. The summed E-state index contributed by atoms with van der Waals surface area (Å²) in [7, 11) is 0. The Kier molecular flexibility index (Phi) is 5.10. The summed E-state index contributed by atoms with van der Waals surface area (Å²) in [5.41, 5.74) is 1.22. The average Bonchev–Trinajstić information content (AvgIpc) is 2.79. The minimum atomic E-state index is 0.643. The first-order chi connectivity index (χ1) is 9.13. The van der Waals surface area contributed by atoms with E-state index < -0.39 is 0 Å². The number of rotatable bonds is 6. The van der Waals surface area contributed by atoms with Gasteiger partial charge in [-0.05, 0) is 30.2 Å². The van der Waals surface area contributed by atoms with Gasteiger partial charge in [0.15, 0.2) is 5.82 Å². The van der Waals surface area contributed by atoms with E-state index in [0.29, 0.717) is 5.92 Å². The van der Waals surface area contributed by atoms with Gasteiger partial charge in [0.1, 0.15) is 6.33 Å². The second-order valence-electron chi connectivity index (χ2n) is 5.01. The van der Waals surface area contributed by atoms with Crippen molar-refractivity contribution in [3.8, 4) is 0 Å². The maximum Gasteiger partial charge on any atom is 0.164 e. The minimum absolute atomic E-state index is 0.643. The van der Waals surface area contributed by atoms with Crippen molar-refractivity contribution in [2.24, 2.45) is 5.92 Å². The lowest BCUT2D eigenvalue weighted by molar-refractivity contribution is 0.539. The monoisotopic (exact) mass is 322 g/mol. The standard InChI is InChI=1S/C14H19BrN4/c1-11(2)7-16-8-14-17-10-19(18-14)9-12-3-5-13(15)6-4-12/h3-6,10-11,16H,7-9H2,1-2H3. The normalized spacial score (nSPS) is 11.2. The van der Waals surface area contributed by atoms with Gasteiger partial charge in [-0.1, -0.05) is 41.9 Å². The summed E-state index contributed by atoms with van der Waals surface area (Å²) >= 11 is 3.43. The molecule has 0 spiro atoms. The zero-order chi connectivity index (χ0) is 13.7. The van der Waals surface area contributed by atoms with Gasteiger partial charge in [0.2, 0.25) is 0 Å². The Morgan fingerprint density at radius 1 is 1.26 bits per heavy atom. The number of aromatic nitrogens is 3. The molecule has 0 radical (unpaired) electrons. The topological polar surface area (TPSA) is 42.7 Å². The van der Waals surface area contributed by atoms with Crippen LogP contribution in [0.25, 0.3) is 0 Å². The predicted molar refractivity (Wildman–Crippen MR) is 79.8 cm³/mol. The van der Waals surface area contributed by atoms with Crippen molar-refractivity contribution >= 4 is 15.9 Å². The van der Waals surface area contributed by atoms with Crippen LogP contribution in [-0.2, 0) is 13.1 Å². The maximum absolute atomic E-state index is 4.46. The van der Waals surface area contributed by atoms with Crippen LogP contribution in [0, 0.1) is 5.92 Å². The van der Waals surface area contributed by atoms with Crippen LogP contribution in [-0.4, -0.2) is 21.3 Å². The molecule has 2 rings (SSSR count). The second-order valence-corrected chi connectivity index (χ2v) is 5.93. The van der Waals surface area contributed by atoms with Crippen LogP contribution in [0.1, 0.15) is 25.2 Å². The molecule has 0 aliphatic carbocycles. The fourth-order valence-corrected chi connectivity index (χ4v) is 2.00. The van der Waals surface area contributed by atoms with E-state index >= 15 is 0 Å². The molecule has 19 heavy (non-hydrogen) atoms. The Morgan fingerprint density at radius 2 is 2.00 bits per heavy atom. The molecular weight excluding hydrogens is 304 g/mol. The molecule has 5 heteroatoms. The fourth-order valence-electron chi connectivity index (χ4n) is 1.74. The quantitative estimate of drug-likeness (QED) is 0.889. The summed E-state index contributed by atoms with van der Waals surface area (Å²) in [6.07, 6.45) is 1.79. The molecule has 4 nitrogen and oxygen atoms in total. The predicted octanol–water partition coefficient (Wildman–Crippen LogP) is 2.83. The van der Waals surface area contributed by atoms with Crippen molar-refractivity contribution in [2.45, 2.75) is 26.9 Å². The van der Waals surface area contributed by atoms with Gasteiger partial charge < -0.3 is 5.32 Å². The summed E-state index contributed by atoms with van der Waals surface area (Å²) in [6, 6.07) is 8.25. The van der Waals surface area contributed by atoms with Gasteiger partial charge in [-0.3, -0.25) is 0 Å². The van der Waals surface area contributed by atoms with Gasteiger partial charge in [0, 0.05) is 4.47 Å². The van der Waals surface area contributed by atoms with Gasteiger partial charge in [-0.2, -0.15) is 5.10 Å². The molecule has 0 unspecified atom stereocenters. The van der Waals surface area contributed by atoms with Crippen molar-refractivity contribution in [3.63, 3.8) is 0 Å². The number of hydrogen-bond acceptors (Lipinski definition) is 3. The Hall–Kier alpha value is -1.20. The molecular formula is C14H19BrN4. The summed E-state index contributed by atoms with van der Waals surface area (Å²) in [5, 5.41) is 7.80. The number of nitrogens with zero attached hydrogens (tertiary/aromatic N) is 3. The van der Waals surface area contributed by atoms with Crippen LogP contribution < -0.4 is 5.32 Å². The lowest BCUT2D eigenvalue weighted by Gasteiger charge is -2.04. The fraction of sp³-hybridized carbons (Fsp3) is 0.429. The third kappa shape index (κ3) is 4.76. The first-order valence-corrected chi connectivity index (χ1v) is 7.26. The van der Waals surface area contributed by atoms with E-state index in [1.807, 2.05) is 16.8 Å². The van der Waals surface area contributed by atoms with Gasteiger partial charge in [-0.15, -0.1) is 0 Å². The first-order valence-electron chi connectivity index (χ1n) is 6.47. The molecule has 0 atom stereocenters. The molecule has 0 bridgehead atoms. The third-order valence-corrected chi connectivity index (χ3v) is 3.21.